The van der Waals surface area contributed by atoms with Crippen molar-refractivity contribution < 1.29 is 4.74 Å². The molecule has 130 valence electrons. The van der Waals surface area contributed by atoms with Crippen LogP contribution in [0.25, 0.3) is 21.9 Å². The maximum atomic E-state index is 9.06. The Morgan fingerprint density at radius 1 is 1.40 bits per heavy atom. The van der Waals surface area contributed by atoms with E-state index < -0.39 is 0 Å². The van der Waals surface area contributed by atoms with Crippen molar-refractivity contribution in [3.63, 3.8) is 0 Å². The molecule has 1 saturated heterocycles. The Hall–Kier alpha value is -2.69. The third kappa shape index (κ3) is 3.14. The molecule has 1 atom stereocenters. The van der Waals surface area contributed by atoms with Gasteiger partial charge >= 0.3 is 0 Å². The SMILES string of the molecule is CC.N#Cc1ccc2c(c1)[nH]c1ncnc(N3CCOC(CN)C3)c12. The van der Waals surface area contributed by atoms with Crippen LogP contribution in [0.3, 0.4) is 0 Å². The van der Waals surface area contributed by atoms with Crippen molar-refractivity contribution in [2.24, 2.45) is 5.73 Å². The molecule has 0 saturated carbocycles. The van der Waals surface area contributed by atoms with Crippen LogP contribution in [0.1, 0.15) is 19.4 Å². The third-order valence-corrected chi connectivity index (χ3v) is 4.20. The lowest BCUT2D eigenvalue weighted by molar-refractivity contribution is 0.0464. The molecule has 1 fully saturated rings. The monoisotopic (exact) mass is 338 g/mol. The molecule has 4 rings (SSSR count). The minimum atomic E-state index is 0.0177. The van der Waals surface area contributed by atoms with Gasteiger partial charge in [-0.2, -0.15) is 5.26 Å². The maximum Gasteiger partial charge on any atom is 0.143 e. The minimum Gasteiger partial charge on any atom is -0.373 e. The number of anilines is 1. The van der Waals surface area contributed by atoms with Gasteiger partial charge in [-0.3, -0.25) is 0 Å². The van der Waals surface area contributed by atoms with Crippen LogP contribution in [0.15, 0.2) is 24.5 Å². The quantitative estimate of drug-likeness (QED) is 0.742. The van der Waals surface area contributed by atoms with E-state index in [1.54, 1.807) is 6.33 Å². The Labute approximate surface area is 146 Å². The molecule has 0 amide bonds. The molecule has 2 aromatic heterocycles. The first-order valence-corrected chi connectivity index (χ1v) is 8.53. The van der Waals surface area contributed by atoms with Crippen LogP contribution in [0.5, 0.6) is 0 Å². The highest BCUT2D eigenvalue weighted by atomic mass is 16.5. The lowest BCUT2D eigenvalue weighted by atomic mass is 10.1. The Bertz CT molecular complexity index is 913. The van der Waals surface area contributed by atoms with E-state index in [4.69, 9.17) is 15.7 Å². The number of aromatic nitrogens is 3. The van der Waals surface area contributed by atoms with Crippen LogP contribution in [-0.4, -0.2) is 47.3 Å². The van der Waals surface area contributed by atoms with E-state index in [-0.39, 0.29) is 6.10 Å². The van der Waals surface area contributed by atoms with Gasteiger partial charge in [-0.1, -0.05) is 19.9 Å². The van der Waals surface area contributed by atoms with Gasteiger partial charge in [0.15, 0.2) is 0 Å². The summed E-state index contributed by atoms with van der Waals surface area (Å²) < 4.78 is 5.64. The lowest BCUT2D eigenvalue weighted by Crippen LogP contribution is -2.46. The summed E-state index contributed by atoms with van der Waals surface area (Å²) in [6.07, 6.45) is 1.58. The molecule has 1 aliphatic heterocycles. The number of benzene rings is 1. The van der Waals surface area contributed by atoms with E-state index in [0.29, 0.717) is 25.3 Å². The summed E-state index contributed by atoms with van der Waals surface area (Å²) in [7, 11) is 0. The van der Waals surface area contributed by atoms with Crippen molar-refractivity contribution in [1.82, 2.24) is 15.0 Å². The molecule has 0 bridgehead atoms. The molecule has 1 unspecified atom stereocenters. The summed E-state index contributed by atoms with van der Waals surface area (Å²) in [4.78, 5) is 14.3. The zero-order valence-corrected chi connectivity index (χ0v) is 14.5. The normalized spacial score (nSPS) is 17.2. The number of nitrogens with one attached hydrogen (secondary N) is 1. The highest BCUT2D eigenvalue weighted by Gasteiger charge is 2.23. The van der Waals surface area contributed by atoms with Gasteiger partial charge in [0.05, 0.1) is 29.7 Å². The van der Waals surface area contributed by atoms with Crippen LogP contribution >= 0.6 is 0 Å². The highest BCUT2D eigenvalue weighted by molar-refractivity contribution is 6.11. The Balaban J connectivity index is 0.000000880. The predicted molar refractivity (Wildman–Crippen MR) is 98.5 cm³/mol. The fourth-order valence-electron chi connectivity index (χ4n) is 3.08. The van der Waals surface area contributed by atoms with Crippen molar-refractivity contribution in [2.45, 2.75) is 20.0 Å². The molecule has 1 aromatic carbocycles. The second-order valence-electron chi connectivity index (χ2n) is 5.59. The maximum absolute atomic E-state index is 9.06. The molecule has 3 aromatic rings. The van der Waals surface area contributed by atoms with Crippen LogP contribution < -0.4 is 10.6 Å². The number of hydrogen-bond acceptors (Lipinski definition) is 6. The highest BCUT2D eigenvalue weighted by Crippen LogP contribution is 2.32. The number of fused-ring (bicyclic) bond motifs is 3. The average Bonchev–Trinajstić information content (AvgIpc) is 3.07. The standard InChI is InChI=1S/C16H16N6O.C2H6/c17-6-10-1-2-12-13(5-10)21-15-14(12)16(20-9-19-15)22-3-4-23-11(7-18)8-22;1-2/h1-2,5,9,11H,3-4,7-8,18H2,(H,19,20,21);1-2H3. The van der Waals surface area contributed by atoms with Gasteiger partial charge in [-0.15, -0.1) is 0 Å². The zero-order chi connectivity index (χ0) is 17.8. The van der Waals surface area contributed by atoms with Crippen molar-refractivity contribution in [1.29, 1.82) is 5.26 Å². The van der Waals surface area contributed by atoms with Crippen LogP contribution in [0.4, 0.5) is 5.82 Å². The Kier molecular flexibility index (Phi) is 5.12. The molecule has 7 heteroatoms. The van der Waals surface area contributed by atoms with E-state index in [2.05, 4.69) is 25.9 Å². The summed E-state index contributed by atoms with van der Waals surface area (Å²) >= 11 is 0. The molecule has 0 aliphatic carbocycles. The second kappa shape index (κ2) is 7.47. The van der Waals surface area contributed by atoms with E-state index in [9.17, 15) is 0 Å². The molecule has 0 radical (unpaired) electrons. The van der Waals surface area contributed by atoms with Crippen molar-refractivity contribution in [3.8, 4) is 6.07 Å². The fraction of sp³-hybridized carbons (Fsp3) is 0.389. The molecular weight excluding hydrogens is 316 g/mol. The topological polar surface area (TPSA) is 104 Å². The van der Waals surface area contributed by atoms with Gasteiger partial charge in [0, 0.05) is 30.5 Å². The fourth-order valence-corrected chi connectivity index (χ4v) is 3.08. The number of H-pyrrole nitrogens is 1. The molecule has 3 heterocycles. The summed E-state index contributed by atoms with van der Waals surface area (Å²) in [6, 6.07) is 7.75. The van der Waals surface area contributed by atoms with E-state index in [0.717, 1.165) is 34.3 Å². The molecular formula is C18H22N6O. The molecule has 25 heavy (non-hydrogen) atoms. The van der Waals surface area contributed by atoms with Crippen molar-refractivity contribution in [3.05, 3.63) is 30.1 Å². The molecule has 0 spiro atoms. The van der Waals surface area contributed by atoms with Crippen LogP contribution in [-0.2, 0) is 4.74 Å². The zero-order valence-electron chi connectivity index (χ0n) is 14.5. The van der Waals surface area contributed by atoms with E-state index in [1.807, 2.05) is 32.0 Å². The van der Waals surface area contributed by atoms with Crippen molar-refractivity contribution >= 4 is 27.8 Å². The second-order valence-corrected chi connectivity index (χ2v) is 5.59. The van der Waals surface area contributed by atoms with Crippen LogP contribution in [0.2, 0.25) is 0 Å². The van der Waals surface area contributed by atoms with Crippen molar-refractivity contribution in [2.75, 3.05) is 31.1 Å². The van der Waals surface area contributed by atoms with Crippen LogP contribution in [0, 0.1) is 11.3 Å². The summed E-state index contributed by atoms with van der Waals surface area (Å²) in [5.74, 6) is 0.882. The van der Waals surface area contributed by atoms with Gasteiger partial charge in [0.25, 0.3) is 0 Å². The number of morpholine rings is 1. The Morgan fingerprint density at radius 3 is 3.00 bits per heavy atom. The largest absolute Gasteiger partial charge is 0.373 e. The summed E-state index contributed by atoms with van der Waals surface area (Å²) in [6.45, 7) is 6.61. The summed E-state index contributed by atoms with van der Waals surface area (Å²) in [5, 5.41) is 11.1. The van der Waals surface area contributed by atoms with Gasteiger partial charge in [0.2, 0.25) is 0 Å². The van der Waals surface area contributed by atoms with E-state index in [1.165, 1.54) is 0 Å². The summed E-state index contributed by atoms with van der Waals surface area (Å²) in [5.41, 5.74) is 8.02. The third-order valence-electron chi connectivity index (χ3n) is 4.20. The number of nitrogens with zero attached hydrogens (tertiary/aromatic N) is 4. The van der Waals surface area contributed by atoms with Gasteiger partial charge < -0.3 is 20.4 Å². The first kappa shape index (κ1) is 17.1. The number of nitrogens with two attached hydrogens (primary N) is 1. The number of rotatable bonds is 2. The molecule has 1 aliphatic rings. The minimum absolute atomic E-state index is 0.0177. The van der Waals surface area contributed by atoms with Gasteiger partial charge in [-0.05, 0) is 12.1 Å². The van der Waals surface area contributed by atoms with E-state index >= 15 is 0 Å². The number of hydrogen-bond donors (Lipinski definition) is 2. The molecule has 7 nitrogen and oxygen atoms in total. The smallest absolute Gasteiger partial charge is 0.143 e. The van der Waals surface area contributed by atoms with Gasteiger partial charge in [-0.25, -0.2) is 9.97 Å². The molecule has 3 N–H and O–H groups in total. The number of nitriles is 1. The Morgan fingerprint density at radius 2 is 2.24 bits per heavy atom. The average molecular weight is 338 g/mol. The first-order chi connectivity index (χ1) is 12.3. The predicted octanol–water partition coefficient (Wildman–Crippen LogP) is 2.17. The first-order valence-electron chi connectivity index (χ1n) is 8.53. The number of aromatic amines is 1. The van der Waals surface area contributed by atoms with Gasteiger partial charge in [0.1, 0.15) is 17.8 Å². The lowest BCUT2D eigenvalue weighted by Gasteiger charge is -2.33. The number of ether oxygens (including phenoxy) is 1.